The second kappa shape index (κ2) is 5.56. The van der Waals surface area contributed by atoms with Crippen LogP contribution in [-0.2, 0) is 4.79 Å². The molecule has 1 rings (SSSR count). The van der Waals surface area contributed by atoms with Crippen LogP contribution in [0.25, 0.3) is 0 Å². The van der Waals surface area contributed by atoms with Gasteiger partial charge in [0, 0.05) is 10.6 Å². The zero-order valence-corrected chi connectivity index (χ0v) is 9.91. The van der Waals surface area contributed by atoms with Gasteiger partial charge in [-0.3, -0.25) is 0 Å². The largest absolute Gasteiger partial charge is 0.489 e. The van der Waals surface area contributed by atoms with Crippen molar-refractivity contribution in [2.45, 2.75) is 13.8 Å². The summed E-state index contributed by atoms with van der Waals surface area (Å²) in [6.45, 7) is 3.65. The van der Waals surface area contributed by atoms with E-state index in [0.29, 0.717) is 10.8 Å². The molecule has 0 spiro atoms. The Morgan fingerprint density at radius 3 is 2.81 bits per heavy atom. The van der Waals surface area contributed by atoms with Gasteiger partial charge in [0.15, 0.2) is 0 Å². The molecule has 1 aromatic rings. The Morgan fingerprint density at radius 1 is 1.56 bits per heavy atom. The van der Waals surface area contributed by atoms with Gasteiger partial charge < -0.3 is 9.84 Å². The van der Waals surface area contributed by atoms with Crippen molar-refractivity contribution in [3.05, 3.63) is 40.4 Å². The van der Waals surface area contributed by atoms with E-state index >= 15 is 0 Å². The van der Waals surface area contributed by atoms with Crippen molar-refractivity contribution in [1.29, 1.82) is 0 Å². The number of benzene rings is 1. The van der Waals surface area contributed by atoms with Crippen molar-refractivity contribution in [3.8, 4) is 5.75 Å². The molecule has 3 nitrogen and oxygen atoms in total. The van der Waals surface area contributed by atoms with Gasteiger partial charge in [0.2, 0.25) is 0 Å². The second-order valence-corrected chi connectivity index (χ2v) is 3.85. The van der Waals surface area contributed by atoms with E-state index in [1.807, 2.05) is 6.92 Å². The average molecular weight is 241 g/mol. The quantitative estimate of drug-likeness (QED) is 0.823. The first-order chi connectivity index (χ1) is 7.50. The lowest BCUT2D eigenvalue weighted by molar-refractivity contribution is -0.132. The van der Waals surface area contributed by atoms with Crippen molar-refractivity contribution >= 4 is 17.6 Å². The highest BCUT2D eigenvalue weighted by Gasteiger charge is 2.01. The third-order valence-corrected chi connectivity index (χ3v) is 2.34. The van der Waals surface area contributed by atoms with Crippen LogP contribution < -0.4 is 4.74 Å². The Balaban J connectivity index is 2.62. The van der Waals surface area contributed by atoms with Gasteiger partial charge in [-0.25, -0.2) is 4.79 Å². The smallest absolute Gasteiger partial charge is 0.331 e. The number of rotatable bonds is 4. The maximum atomic E-state index is 10.5. The van der Waals surface area contributed by atoms with Crippen molar-refractivity contribution in [2.75, 3.05) is 6.61 Å². The van der Waals surface area contributed by atoms with Gasteiger partial charge in [-0.2, -0.15) is 0 Å². The molecule has 0 unspecified atom stereocenters. The molecule has 0 bridgehead atoms. The van der Waals surface area contributed by atoms with Crippen LogP contribution in [0.2, 0.25) is 5.02 Å². The van der Waals surface area contributed by atoms with Gasteiger partial charge in [0.05, 0.1) is 0 Å². The van der Waals surface area contributed by atoms with Gasteiger partial charge in [0.25, 0.3) is 0 Å². The molecule has 4 heteroatoms. The molecule has 0 atom stereocenters. The molecule has 0 amide bonds. The van der Waals surface area contributed by atoms with Gasteiger partial charge in [-0.1, -0.05) is 11.6 Å². The monoisotopic (exact) mass is 240 g/mol. The number of ether oxygens (including phenoxy) is 1. The zero-order valence-electron chi connectivity index (χ0n) is 9.16. The summed E-state index contributed by atoms with van der Waals surface area (Å²) in [5.74, 6) is -0.227. The lowest BCUT2D eigenvalue weighted by Crippen LogP contribution is -2.01. The van der Waals surface area contributed by atoms with Crippen molar-refractivity contribution in [2.24, 2.45) is 0 Å². The molecule has 0 aliphatic heterocycles. The fourth-order valence-corrected chi connectivity index (χ4v) is 1.35. The summed E-state index contributed by atoms with van der Waals surface area (Å²) in [5.41, 5.74) is 1.19. The van der Waals surface area contributed by atoms with Gasteiger partial charge >= 0.3 is 5.97 Å². The highest BCUT2D eigenvalue weighted by atomic mass is 35.5. The molecule has 1 aromatic carbocycles. The standard InChI is InChI=1S/C12H13ClO3/c1-8(12(14)15)5-6-16-11-4-3-10(13)7-9(11)2/h3-5,7H,6H2,1-2H3,(H,14,15). The number of carbonyl (C=O) groups is 1. The highest BCUT2D eigenvalue weighted by molar-refractivity contribution is 6.30. The van der Waals surface area contributed by atoms with E-state index in [1.165, 1.54) is 13.0 Å². The first kappa shape index (κ1) is 12.6. The molecule has 0 saturated carbocycles. The Hall–Kier alpha value is -1.48. The molecule has 0 aromatic heterocycles. The predicted octanol–water partition coefficient (Wildman–Crippen LogP) is 3.06. The average Bonchev–Trinajstić information content (AvgIpc) is 2.20. The van der Waals surface area contributed by atoms with Crippen LogP contribution in [0, 0.1) is 6.92 Å². The summed E-state index contributed by atoms with van der Waals surface area (Å²) in [4.78, 5) is 10.5. The van der Waals surface area contributed by atoms with Gasteiger partial charge in [-0.05, 0) is 43.7 Å². The number of carboxylic acids is 1. The van der Waals surface area contributed by atoms with Gasteiger partial charge in [0.1, 0.15) is 12.4 Å². The number of halogens is 1. The molecule has 86 valence electrons. The van der Waals surface area contributed by atoms with Gasteiger partial charge in [-0.15, -0.1) is 0 Å². The molecular weight excluding hydrogens is 228 g/mol. The van der Waals surface area contributed by atoms with Crippen molar-refractivity contribution in [3.63, 3.8) is 0 Å². The van der Waals surface area contributed by atoms with Crippen molar-refractivity contribution in [1.82, 2.24) is 0 Å². The predicted molar refractivity (Wildman–Crippen MR) is 63.1 cm³/mol. The van der Waals surface area contributed by atoms with Crippen LogP contribution in [0.4, 0.5) is 0 Å². The van der Waals surface area contributed by atoms with Crippen LogP contribution >= 0.6 is 11.6 Å². The van der Waals surface area contributed by atoms with E-state index < -0.39 is 5.97 Å². The molecular formula is C12H13ClO3. The van der Waals surface area contributed by atoms with Crippen LogP contribution in [-0.4, -0.2) is 17.7 Å². The third kappa shape index (κ3) is 3.59. The highest BCUT2D eigenvalue weighted by Crippen LogP contribution is 2.21. The molecule has 0 aliphatic rings. The Morgan fingerprint density at radius 2 is 2.25 bits per heavy atom. The molecule has 0 saturated heterocycles. The van der Waals surface area contributed by atoms with Crippen LogP contribution in [0.15, 0.2) is 29.8 Å². The first-order valence-electron chi connectivity index (χ1n) is 4.79. The van der Waals surface area contributed by atoms with E-state index in [0.717, 1.165) is 5.56 Å². The van der Waals surface area contributed by atoms with Crippen molar-refractivity contribution < 1.29 is 14.6 Å². The summed E-state index contributed by atoms with van der Waals surface area (Å²) in [6, 6.07) is 5.30. The Kier molecular flexibility index (Phi) is 4.38. The summed E-state index contributed by atoms with van der Waals surface area (Å²) in [5, 5.41) is 9.28. The number of carboxylic acid groups (broad SMARTS) is 1. The molecule has 1 N–H and O–H groups in total. The van der Waals surface area contributed by atoms with E-state index in [1.54, 1.807) is 18.2 Å². The number of aryl methyl sites for hydroxylation is 1. The van der Waals surface area contributed by atoms with E-state index in [9.17, 15) is 4.79 Å². The summed E-state index contributed by atoms with van der Waals surface area (Å²) in [6.07, 6.45) is 1.52. The van der Waals surface area contributed by atoms with E-state index in [2.05, 4.69) is 0 Å². The maximum Gasteiger partial charge on any atom is 0.331 e. The fourth-order valence-electron chi connectivity index (χ4n) is 1.12. The lowest BCUT2D eigenvalue weighted by atomic mass is 10.2. The maximum absolute atomic E-state index is 10.5. The molecule has 0 radical (unpaired) electrons. The molecule has 16 heavy (non-hydrogen) atoms. The second-order valence-electron chi connectivity index (χ2n) is 3.41. The topological polar surface area (TPSA) is 46.5 Å². The van der Waals surface area contributed by atoms with Crippen LogP contribution in [0.1, 0.15) is 12.5 Å². The molecule has 0 aliphatic carbocycles. The summed E-state index contributed by atoms with van der Waals surface area (Å²) < 4.78 is 5.41. The van der Waals surface area contributed by atoms with E-state index in [4.69, 9.17) is 21.4 Å². The SMILES string of the molecule is CC(=CCOc1ccc(Cl)cc1C)C(=O)O. The first-order valence-corrected chi connectivity index (χ1v) is 5.17. The Bertz CT molecular complexity index is 424. The molecule has 0 fully saturated rings. The minimum atomic E-state index is -0.934. The van der Waals surface area contributed by atoms with E-state index in [-0.39, 0.29) is 12.2 Å². The number of hydrogen-bond donors (Lipinski definition) is 1. The minimum Gasteiger partial charge on any atom is -0.489 e. The Labute approximate surface area is 99.3 Å². The minimum absolute atomic E-state index is 0.237. The fraction of sp³-hybridized carbons (Fsp3) is 0.250. The zero-order chi connectivity index (χ0) is 12.1. The molecule has 0 heterocycles. The third-order valence-electron chi connectivity index (χ3n) is 2.10. The number of aliphatic carboxylic acids is 1. The normalized spacial score (nSPS) is 11.3. The summed E-state index contributed by atoms with van der Waals surface area (Å²) in [7, 11) is 0. The lowest BCUT2D eigenvalue weighted by Gasteiger charge is -2.07. The van der Waals surface area contributed by atoms with Crippen LogP contribution in [0.3, 0.4) is 0 Å². The van der Waals surface area contributed by atoms with Crippen LogP contribution in [0.5, 0.6) is 5.75 Å². The summed E-state index contributed by atoms with van der Waals surface area (Å²) >= 11 is 5.80. The number of hydrogen-bond acceptors (Lipinski definition) is 2.